The second-order valence-corrected chi connectivity index (χ2v) is 8.44. The second-order valence-electron chi connectivity index (χ2n) is 6.39. The number of rotatable bonds is 5. The number of ether oxygens (including phenoxy) is 1. The van der Waals surface area contributed by atoms with Gasteiger partial charge in [0.15, 0.2) is 6.10 Å². The first-order chi connectivity index (χ1) is 12.5. The summed E-state index contributed by atoms with van der Waals surface area (Å²) >= 11 is 2.74. The van der Waals surface area contributed by atoms with Crippen LogP contribution in [0.1, 0.15) is 52.4 Å². The molecule has 0 spiro atoms. The SMILES string of the molecule is CC[C@@H]1CCc2sc(C(=O)O[C@@H](C)C(=O)Nc3sccc3C#N)cc2C1. The highest BCUT2D eigenvalue weighted by atomic mass is 32.1. The van der Waals surface area contributed by atoms with Crippen LogP contribution in [-0.4, -0.2) is 18.0 Å². The summed E-state index contributed by atoms with van der Waals surface area (Å²) in [4.78, 5) is 26.5. The van der Waals surface area contributed by atoms with Gasteiger partial charge in [0, 0.05) is 4.88 Å². The number of anilines is 1. The maximum atomic E-state index is 12.4. The molecule has 1 amide bonds. The summed E-state index contributed by atoms with van der Waals surface area (Å²) in [6.07, 6.45) is 3.41. The molecule has 1 N–H and O–H groups in total. The Morgan fingerprint density at radius 2 is 2.31 bits per heavy atom. The van der Waals surface area contributed by atoms with Gasteiger partial charge in [-0.2, -0.15) is 5.26 Å². The largest absolute Gasteiger partial charge is 0.448 e. The van der Waals surface area contributed by atoms with E-state index in [2.05, 4.69) is 12.2 Å². The topological polar surface area (TPSA) is 79.2 Å². The molecule has 2 heterocycles. The van der Waals surface area contributed by atoms with Gasteiger partial charge in [0.25, 0.3) is 5.91 Å². The van der Waals surface area contributed by atoms with Crippen LogP contribution in [0.3, 0.4) is 0 Å². The lowest BCUT2D eigenvalue weighted by atomic mass is 9.87. The standard InChI is InChI=1S/C19H20N2O3S2/c1-3-12-4-5-15-14(8-12)9-16(26-15)19(23)24-11(2)17(22)21-18-13(10-20)6-7-25-18/h6-7,9,11-12H,3-5,8H2,1-2H3,(H,21,22)/t11-,12+/m0/s1. The van der Waals surface area contributed by atoms with Crippen molar-refractivity contribution in [1.29, 1.82) is 5.26 Å². The average Bonchev–Trinajstić information content (AvgIpc) is 3.26. The minimum Gasteiger partial charge on any atom is -0.448 e. The van der Waals surface area contributed by atoms with Gasteiger partial charge in [0.05, 0.1) is 5.56 Å². The van der Waals surface area contributed by atoms with Gasteiger partial charge in [-0.3, -0.25) is 4.79 Å². The van der Waals surface area contributed by atoms with Gasteiger partial charge < -0.3 is 10.1 Å². The summed E-state index contributed by atoms with van der Waals surface area (Å²) in [5, 5.41) is 13.8. The minimum atomic E-state index is -0.932. The molecule has 1 aliphatic rings. The second kappa shape index (κ2) is 8.02. The molecule has 7 heteroatoms. The van der Waals surface area contributed by atoms with E-state index >= 15 is 0 Å². The van der Waals surface area contributed by atoms with Crippen LogP contribution in [0, 0.1) is 17.2 Å². The third kappa shape index (κ3) is 3.97. The summed E-state index contributed by atoms with van der Waals surface area (Å²) < 4.78 is 5.33. The van der Waals surface area contributed by atoms with Crippen molar-refractivity contribution in [1.82, 2.24) is 0 Å². The molecule has 2 aromatic rings. The van der Waals surface area contributed by atoms with Crippen molar-refractivity contribution >= 4 is 39.6 Å². The maximum absolute atomic E-state index is 12.4. The molecule has 136 valence electrons. The molecule has 3 rings (SSSR count). The Hall–Kier alpha value is -2.17. The van der Waals surface area contributed by atoms with Gasteiger partial charge in [-0.05, 0) is 55.2 Å². The Morgan fingerprint density at radius 1 is 1.50 bits per heavy atom. The number of esters is 1. The molecular formula is C19H20N2O3S2. The predicted molar refractivity (Wildman–Crippen MR) is 103 cm³/mol. The Labute approximate surface area is 160 Å². The maximum Gasteiger partial charge on any atom is 0.349 e. The third-order valence-electron chi connectivity index (χ3n) is 4.64. The number of nitrogens with one attached hydrogen (secondary N) is 1. The number of hydrogen-bond donors (Lipinski definition) is 1. The van der Waals surface area contributed by atoms with E-state index in [4.69, 9.17) is 10.00 Å². The first-order valence-corrected chi connectivity index (χ1v) is 10.3. The first kappa shape index (κ1) is 18.6. The molecule has 0 fully saturated rings. The van der Waals surface area contributed by atoms with E-state index in [9.17, 15) is 9.59 Å². The molecule has 5 nitrogen and oxygen atoms in total. The van der Waals surface area contributed by atoms with E-state index in [1.165, 1.54) is 46.5 Å². The van der Waals surface area contributed by atoms with Gasteiger partial charge in [0.1, 0.15) is 15.9 Å². The predicted octanol–water partition coefficient (Wildman–Crippen LogP) is 4.38. The number of fused-ring (bicyclic) bond motifs is 1. The van der Waals surface area contributed by atoms with Crippen molar-refractivity contribution < 1.29 is 14.3 Å². The Bertz CT molecular complexity index is 863. The highest BCUT2D eigenvalue weighted by Gasteiger charge is 2.25. The highest BCUT2D eigenvalue weighted by molar-refractivity contribution is 7.14. The fraction of sp³-hybridized carbons (Fsp3) is 0.421. The molecule has 0 aromatic carbocycles. The van der Waals surface area contributed by atoms with E-state index in [1.807, 2.05) is 12.1 Å². The normalized spacial score (nSPS) is 17.0. The number of nitriles is 1. The quantitative estimate of drug-likeness (QED) is 0.771. The zero-order valence-corrected chi connectivity index (χ0v) is 16.3. The van der Waals surface area contributed by atoms with E-state index in [0.29, 0.717) is 21.4 Å². The van der Waals surface area contributed by atoms with Crippen LogP contribution in [0.5, 0.6) is 0 Å². The first-order valence-electron chi connectivity index (χ1n) is 8.62. The molecule has 2 atom stereocenters. The summed E-state index contributed by atoms with van der Waals surface area (Å²) in [5.74, 6) is -0.220. The number of nitrogens with zero attached hydrogens (tertiary/aromatic N) is 1. The van der Waals surface area contributed by atoms with Crippen LogP contribution in [0.25, 0.3) is 0 Å². The van der Waals surface area contributed by atoms with Crippen molar-refractivity contribution in [2.75, 3.05) is 5.32 Å². The Kier molecular flexibility index (Phi) is 5.74. The number of thiophene rings is 2. The smallest absolute Gasteiger partial charge is 0.349 e. The Morgan fingerprint density at radius 3 is 3.04 bits per heavy atom. The van der Waals surface area contributed by atoms with Crippen molar-refractivity contribution in [3.8, 4) is 6.07 Å². The molecule has 1 aliphatic carbocycles. The van der Waals surface area contributed by atoms with Gasteiger partial charge in [-0.25, -0.2) is 4.79 Å². The van der Waals surface area contributed by atoms with E-state index in [0.717, 1.165) is 19.3 Å². The average molecular weight is 389 g/mol. The van der Waals surface area contributed by atoms with Crippen molar-refractivity contribution in [3.63, 3.8) is 0 Å². The number of aryl methyl sites for hydroxylation is 1. The van der Waals surface area contributed by atoms with Gasteiger partial charge in [0.2, 0.25) is 0 Å². The number of carbonyl (C=O) groups excluding carboxylic acids is 2. The van der Waals surface area contributed by atoms with Crippen molar-refractivity contribution in [3.05, 3.63) is 38.4 Å². The zero-order valence-electron chi connectivity index (χ0n) is 14.7. The fourth-order valence-electron chi connectivity index (χ4n) is 3.03. The summed E-state index contributed by atoms with van der Waals surface area (Å²) in [6, 6.07) is 5.57. The Balaban J connectivity index is 1.62. The van der Waals surface area contributed by atoms with Gasteiger partial charge in [-0.1, -0.05) is 13.3 Å². The zero-order chi connectivity index (χ0) is 18.7. The molecule has 2 aromatic heterocycles. The van der Waals surface area contributed by atoms with Crippen LogP contribution < -0.4 is 5.32 Å². The molecule has 26 heavy (non-hydrogen) atoms. The van der Waals surface area contributed by atoms with Crippen LogP contribution in [0.4, 0.5) is 5.00 Å². The number of hydrogen-bond acceptors (Lipinski definition) is 6. The highest BCUT2D eigenvalue weighted by Crippen LogP contribution is 2.34. The number of carbonyl (C=O) groups is 2. The summed E-state index contributed by atoms with van der Waals surface area (Å²) in [6.45, 7) is 3.73. The van der Waals surface area contributed by atoms with E-state index in [-0.39, 0.29) is 0 Å². The molecule has 0 saturated heterocycles. The molecule has 0 unspecified atom stereocenters. The number of amides is 1. The minimum absolute atomic E-state index is 0.401. The third-order valence-corrected chi connectivity index (χ3v) is 6.69. The van der Waals surface area contributed by atoms with Crippen LogP contribution >= 0.6 is 22.7 Å². The van der Waals surface area contributed by atoms with Crippen molar-refractivity contribution in [2.24, 2.45) is 5.92 Å². The van der Waals surface area contributed by atoms with E-state index < -0.39 is 18.0 Å². The fourth-order valence-corrected chi connectivity index (χ4v) is 4.86. The monoisotopic (exact) mass is 388 g/mol. The van der Waals surface area contributed by atoms with Crippen molar-refractivity contribution in [2.45, 2.75) is 45.6 Å². The van der Waals surface area contributed by atoms with Gasteiger partial charge >= 0.3 is 5.97 Å². The molecular weight excluding hydrogens is 368 g/mol. The molecule has 0 aliphatic heterocycles. The van der Waals surface area contributed by atoms with Crippen LogP contribution in [0.15, 0.2) is 17.5 Å². The molecule has 0 bridgehead atoms. The molecule has 0 radical (unpaired) electrons. The van der Waals surface area contributed by atoms with E-state index in [1.54, 1.807) is 11.4 Å². The molecule has 0 saturated carbocycles. The lowest BCUT2D eigenvalue weighted by molar-refractivity contribution is -0.123. The van der Waals surface area contributed by atoms with Gasteiger partial charge in [-0.15, -0.1) is 22.7 Å². The summed E-state index contributed by atoms with van der Waals surface area (Å²) in [7, 11) is 0. The lowest BCUT2D eigenvalue weighted by Gasteiger charge is -2.19. The van der Waals surface area contributed by atoms with Crippen LogP contribution in [0.2, 0.25) is 0 Å². The lowest BCUT2D eigenvalue weighted by Crippen LogP contribution is -2.29. The summed E-state index contributed by atoms with van der Waals surface area (Å²) in [5.41, 5.74) is 1.65. The van der Waals surface area contributed by atoms with Crippen LogP contribution in [-0.2, 0) is 22.4 Å².